The Balaban J connectivity index is 0.000000378. The maximum atomic E-state index is 15.1. The third-order valence-electron chi connectivity index (χ3n) is 12.2. The molecule has 1 aliphatic heterocycles. The van der Waals surface area contributed by atoms with E-state index in [1.807, 2.05) is 18.7 Å². The Morgan fingerprint density at radius 3 is 2.27 bits per heavy atom. The molecule has 0 atom stereocenters. The Morgan fingerprint density at radius 1 is 1.07 bits per heavy atom. The van der Waals surface area contributed by atoms with Crippen molar-refractivity contribution in [3.8, 4) is 5.75 Å². The van der Waals surface area contributed by atoms with E-state index in [0.717, 1.165) is 70.0 Å². The van der Waals surface area contributed by atoms with Crippen LogP contribution in [0.3, 0.4) is 0 Å². The van der Waals surface area contributed by atoms with Gasteiger partial charge in [0.15, 0.2) is 0 Å². The first-order valence-corrected chi connectivity index (χ1v) is 21.8. The van der Waals surface area contributed by atoms with E-state index in [1.165, 1.54) is 48.2 Å². The molecule has 1 aromatic heterocycles. The second-order valence-electron chi connectivity index (χ2n) is 16.6. The molecule has 1 aromatic carbocycles. The summed E-state index contributed by atoms with van der Waals surface area (Å²) in [7, 11) is 0.117. The summed E-state index contributed by atoms with van der Waals surface area (Å²) in [5, 5.41) is 0. The van der Waals surface area contributed by atoms with Gasteiger partial charge in [-0.05, 0) is 106 Å². The summed E-state index contributed by atoms with van der Waals surface area (Å²) in [6, 6.07) is 8.42. The Hall–Kier alpha value is -4.00. The number of aliphatic imine (C=N–C) groups is 1. The lowest BCUT2D eigenvalue weighted by atomic mass is 9.51. The molecule has 2 heterocycles. The molecule has 0 radical (unpaired) electrons. The number of carbonyl (C=O) groups excluding carboxylic acids is 2. The minimum atomic E-state index is -2.92. The number of anilines is 1. The van der Waals surface area contributed by atoms with Gasteiger partial charge in [0.1, 0.15) is 27.2 Å². The van der Waals surface area contributed by atoms with Gasteiger partial charge in [-0.25, -0.2) is 22.6 Å². The SMILES string of the molecule is COC(=O)N1CC(CS(C)(=O)=O)C1.COc1ccc(C23CCC(CN(C(=O)C4CCCCC4)c4cc(/C(C=NC(C)C)=C/N)c(F)cn4)(CC2)CC3)cc1C. The number of methoxy groups -OCH3 is 2. The highest BCUT2D eigenvalue weighted by molar-refractivity contribution is 7.90. The number of carbonyl (C=O) groups is 2. The lowest BCUT2D eigenvalue weighted by molar-refractivity contribution is -0.124. The van der Waals surface area contributed by atoms with Gasteiger partial charge < -0.3 is 20.1 Å². The highest BCUT2D eigenvalue weighted by Crippen LogP contribution is 2.58. The number of amides is 2. The number of nitrogens with two attached hydrogens (primary N) is 1. The fourth-order valence-corrected chi connectivity index (χ4v) is 10.00. The molecule has 4 aliphatic carbocycles. The van der Waals surface area contributed by atoms with Gasteiger partial charge in [-0.15, -0.1) is 0 Å². The Kier molecular flexibility index (Phi) is 13.7. The number of aromatic nitrogens is 1. The lowest BCUT2D eigenvalue weighted by Crippen LogP contribution is -2.52. The molecule has 5 fully saturated rings. The molecule has 7 rings (SSSR count). The van der Waals surface area contributed by atoms with Crippen molar-refractivity contribution < 1.29 is 31.9 Å². The van der Waals surface area contributed by atoms with E-state index in [1.54, 1.807) is 19.4 Å². The molecule has 0 unspecified atom stereocenters. The van der Waals surface area contributed by atoms with Crippen molar-refractivity contribution in [2.75, 3.05) is 50.8 Å². The summed E-state index contributed by atoms with van der Waals surface area (Å²) in [5.41, 5.74) is 9.55. The van der Waals surface area contributed by atoms with Gasteiger partial charge in [-0.3, -0.25) is 14.7 Å². The van der Waals surface area contributed by atoms with Gasteiger partial charge in [-0.1, -0.05) is 31.4 Å². The van der Waals surface area contributed by atoms with Gasteiger partial charge in [0, 0.05) is 67.3 Å². The molecule has 4 saturated carbocycles. The van der Waals surface area contributed by atoms with Crippen LogP contribution < -0.4 is 15.4 Å². The van der Waals surface area contributed by atoms with Crippen molar-refractivity contribution in [1.29, 1.82) is 0 Å². The third-order valence-corrected chi connectivity index (χ3v) is 13.2. The molecule has 2 N–H and O–H groups in total. The van der Waals surface area contributed by atoms with Gasteiger partial charge >= 0.3 is 6.09 Å². The molecule has 2 bridgehead atoms. The predicted octanol–water partition coefficient (Wildman–Crippen LogP) is 7.25. The quantitative estimate of drug-likeness (QED) is 0.235. The number of pyridine rings is 1. The van der Waals surface area contributed by atoms with Crippen LogP contribution in [0.25, 0.3) is 5.57 Å². The van der Waals surface area contributed by atoms with Crippen LogP contribution in [-0.4, -0.2) is 88.4 Å². The minimum absolute atomic E-state index is 0.00831. The number of halogens is 1. The normalized spacial score (nSPS) is 23.3. The number of allylic oxidation sites excluding steroid dienone is 1. The molecule has 11 nitrogen and oxygen atoms in total. The van der Waals surface area contributed by atoms with E-state index < -0.39 is 15.7 Å². The van der Waals surface area contributed by atoms with Crippen LogP contribution in [0.5, 0.6) is 5.75 Å². The molecule has 13 heteroatoms. The van der Waals surface area contributed by atoms with Crippen LogP contribution in [0.2, 0.25) is 0 Å². The number of benzene rings is 1. The molecule has 1 saturated heterocycles. The first-order valence-electron chi connectivity index (χ1n) is 19.7. The Labute approximate surface area is 326 Å². The third kappa shape index (κ3) is 10.3. The average molecular weight is 782 g/mol. The van der Waals surface area contributed by atoms with E-state index in [0.29, 0.717) is 36.6 Å². The highest BCUT2D eigenvalue weighted by Gasteiger charge is 2.51. The molecular weight excluding hydrogens is 722 g/mol. The molecule has 55 heavy (non-hydrogen) atoms. The number of rotatable bonds is 11. The predicted molar refractivity (Wildman–Crippen MR) is 216 cm³/mol. The van der Waals surface area contributed by atoms with Crippen LogP contribution in [-0.2, 0) is 24.8 Å². The zero-order valence-corrected chi connectivity index (χ0v) is 34.3. The summed E-state index contributed by atoms with van der Waals surface area (Å²) >= 11 is 0. The number of hydrogen-bond acceptors (Lipinski definition) is 9. The van der Waals surface area contributed by atoms with Crippen molar-refractivity contribution >= 4 is 39.4 Å². The number of likely N-dealkylation sites (tertiary alicyclic amines) is 1. The second kappa shape index (κ2) is 17.9. The van der Waals surface area contributed by atoms with E-state index in [2.05, 4.69) is 39.8 Å². The van der Waals surface area contributed by atoms with Crippen molar-refractivity contribution in [3.05, 3.63) is 59.2 Å². The molecule has 2 aromatic rings. The number of ether oxygens (including phenoxy) is 2. The smallest absolute Gasteiger partial charge is 0.409 e. The fraction of sp³-hybridized carbons (Fsp3) is 0.619. The van der Waals surface area contributed by atoms with Gasteiger partial charge in [0.2, 0.25) is 5.91 Å². The van der Waals surface area contributed by atoms with E-state index in [4.69, 9.17) is 10.5 Å². The maximum Gasteiger partial charge on any atom is 0.409 e. The second-order valence-corrected chi connectivity index (χ2v) is 18.8. The summed E-state index contributed by atoms with van der Waals surface area (Å²) in [6.07, 6.45) is 16.7. The van der Waals surface area contributed by atoms with Crippen molar-refractivity contribution in [2.24, 2.45) is 28.0 Å². The number of hydrogen-bond donors (Lipinski definition) is 1. The molecular formula is C42H60FN5O6S. The first-order chi connectivity index (χ1) is 26.1. The first kappa shape index (κ1) is 42.1. The zero-order valence-electron chi connectivity index (χ0n) is 33.5. The van der Waals surface area contributed by atoms with Crippen molar-refractivity contribution in [3.63, 3.8) is 0 Å². The topological polar surface area (TPSA) is 144 Å². The summed E-state index contributed by atoms with van der Waals surface area (Å²) in [4.78, 5) is 37.4. The Bertz CT molecular complexity index is 1830. The minimum Gasteiger partial charge on any atom is -0.496 e. The van der Waals surface area contributed by atoms with Crippen molar-refractivity contribution in [1.82, 2.24) is 9.88 Å². The van der Waals surface area contributed by atoms with Gasteiger partial charge in [-0.2, -0.15) is 0 Å². The summed E-state index contributed by atoms with van der Waals surface area (Å²) in [5.74, 6) is 1.34. The summed E-state index contributed by atoms with van der Waals surface area (Å²) < 4.78 is 46.8. The zero-order chi connectivity index (χ0) is 40.0. The number of sulfone groups is 1. The summed E-state index contributed by atoms with van der Waals surface area (Å²) in [6.45, 7) is 7.64. The molecule has 5 aliphatic rings. The van der Waals surface area contributed by atoms with Crippen LogP contribution in [0.15, 0.2) is 41.7 Å². The Morgan fingerprint density at radius 2 is 1.73 bits per heavy atom. The van der Waals surface area contributed by atoms with Crippen molar-refractivity contribution in [2.45, 2.75) is 103 Å². The van der Waals surface area contributed by atoms with Gasteiger partial charge in [0.25, 0.3) is 0 Å². The van der Waals surface area contributed by atoms with Gasteiger partial charge in [0.05, 0.1) is 26.2 Å². The number of nitrogens with zero attached hydrogens (tertiary/aromatic N) is 4. The fourth-order valence-electron chi connectivity index (χ4n) is 8.93. The molecule has 302 valence electrons. The monoisotopic (exact) mass is 781 g/mol. The van der Waals surface area contributed by atoms with E-state index in [-0.39, 0.29) is 46.5 Å². The standard InChI is InChI=1S/C35H47FN4O2.C7H13NO4S/c1-24(2)38-21-27(20-37)29-19-32(39-22-30(29)36)40(33(41)26-8-6-5-7-9-26)23-34-12-15-35(16-13-34,17-14-34)28-10-11-31(42-4)25(3)18-28;1-12-7(9)8-3-6(4-8)5-13(2,10)11/h10-11,18-22,24,26H,5-9,12-17,23,37H2,1-4H3;6H,3-5H2,1-2H3/b27-20+,38-21?;. The lowest BCUT2D eigenvalue weighted by Gasteiger charge is -2.55. The highest BCUT2D eigenvalue weighted by atomic mass is 32.2. The molecule has 0 spiro atoms. The largest absolute Gasteiger partial charge is 0.496 e. The average Bonchev–Trinajstić information content (AvgIpc) is 3.16. The van der Waals surface area contributed by atoms with Crippen LogP contribution in [0, 0.1) is 30.0 Å². The van der Waals surface area contributed by atoms with E-state index in [9.17, 15) is 18.0 Å². The van der Waals surface area contributed by atoms with Crippen LogP contribution >= 0.6 is 0 Å². The number of fused-ring (bicyclic) bond motifs is 3. The van der Waals surface area contributed by atoms with Crippen LogP contribution in [0.1, 0.15) is 101 Å². The maximum absolute atomic E-state index is 15.1. The van der Waals surface area contributed by atoms with E-state index >= 15 is 4.39 Å². The van der Waals surface area contributed by atoms with Crippen LogP contribution in [0.4, 0.5) is 15.0 Å². The molecule has 2 amide bonds. The number of aryl methyl sites for hydroxylation is 1.